The summed E-state index contributed by atoms with van der Waals surface area (Å²) in [6, 6.07) is 12.2. The zero-order chi connectivity index (χ0) is 21.3. The van der Waals surface area contributed by atoms with Gasteiger partial charge in [-0.1, -0.05) is 32.9 Å². The highest BCUT2D eigenvalue weighted by molar-refractivity contribution is 5.97. The van der Waals surface area contributed by atoms with Gasteiger partial charge in [0.25, 0.3) is 5.91 Å². The molecule has 1 unspecified atom stereocenters. The SMILES string of the molecule is COc1ccc2c(c1)C(C)CC(C)(C)N2C(=O)COc1cc(C)ccc1C(C)C. The van der Waals surface area contributed by atoms with Crippen molar-refractivity contribution in [2.24, 2.45) is 0 Å². The van der Waals surface area contributed by atoms with E-state index in [0.29, 0.717) is 11.8 Å². The van der Waals surface area contributed by atoms with Crippen LogP contribution in [0.2, 0.25) is 0 Å². The fraction of sp³-hybridized carbons (Fsp3) is 0.480. The molecule has 2 aromatic carbocycles. The van der Waals surface area contributed by atoms with Crippen molar-refractivity contribution in [1.82, 2.24) is 0 Å². The molecule has 1 atom stereocenters. The molecule has 0 aliphatic carbocycles. The Kier molecular flexibility index (Phi) is 5.92. The van der Waals surface area contributed by atoms with Crippen molar-refractivity contribution in [1.29, 1.82) is 0 Å². The normalized spacial score (nSPS) is 17.8. The summed E-state index contributed by atoms with van der Waals surface area (Å²) in [5.41, 5.74) is 4.07. The van der Waals surface area contributed by atoms with Crippen molar-refractivity contribution in [3.05, 3.63) is 53.1 Å². The number of benzene rings is 2. The number of aryl methyl sites for hydroxylation is 1. The van der Waals surface area contributed by atoms with Gasteiger partial charge in [0, 0.05) is 11.2 Å². The summed E-state index contributed by atoms with van der Waals surface area (Å²) >= 11 is 0. The van der Waals surface area contributed by atoms with Gasteiger partial charge in [-0.3, -0.25) is 4.79 Å². The van der Waals surface area contributed by atoms with Crippen LogP contribution < -0.4 is 14.4 Å². The van der Waals surface area contributed by atoms with Crippen LogP contribution in [-0.2, 0) is 4.79 Å². The molecule has 0 saturated heterocycles. The van der Waals surface area contributed by atoms with E-state index in [1.54, 1.807) is 7.11 Å². The third-order valence-electron chi connectivity index (χ3n) is 5.81. The monoisotopic (exact) mass is 395 g/mol. The van der Waals surface area contributed by atoms with Gasteiger partial charge in [-0.2, -0.15) is 0 Å². The number of hydrogen-bond acceptors (Lipinski definition) is 3. The number of anilines is 1. The number of carbonyl (C=O) groups is 1. The van der Waals surface area contributed by atoms with Crippen LogP contribution in [0.15, 0.2) is 36.4 Å². The molecule has 4 nitrogen and oxygen atoms in total. The Morgan fingerprint density at radius 2 is 1.93 bits per heavy atom. The topological polar surface area (TPSA) is 38.8 Å². The summed E-state index contributed by atoms with van der Waals surface area (Å²) in [6.07, 6.45) is 0.889. The Balaban J connectivity index is 1.89. The van der Waals surface area contributed by atoms with Crippen molar-refractivity contribution >= 4 is 11.6 Å². The van der Waals surface area contributed by atoms with Crippen molar-refractivity contribution in [3.63, 3.8) is 0 Å². The van der Waals surface area contributed by atoms with Gasteiger partial charge in [0.1, 0.15) is 11.5 Å². The first-order valence-corrected chi connectivity index (χ1v) is 10.4. The molecule has 0 radical (unpaired) electrons. The summed E-state index contributed by atoms with van der Waals surface area (Å²) in [6.45, 7) is 12.8. The lowest BCUT2D eigenvalue weighted by molar-refractivity contribution is -0.121. The molecule has 0 N–H and O–H groups in total. The van der Waals surface area contributed by atoms with Gasteiger partial charge in [-0.25, -0.2) is 0 Å². The van der Waals surface area contributed by atoms with Crippen LogP contribution >= 0.6 is 0 Å². The molecule has 0 spiro atoms. The predicted molar refractivity (Wildman–Crippen MR) is 118 cm³/mol. The molecule has 2 aromatic rings. The number of amides is 1. The maximum Gasteiger partial charge on any atom is 0.265 e. The number of methoxy groups -OCH3 is 1. The van der Waals surface area contributed by atoms with Crippen LogP contribution in [0.25, 0.3) is 0 Å². The minimum absolute atomic E-state index is 0.0203. The Morgan fingerprint density at radius 3 is 2.59 bits per heavy atom. The lowest BCUT2D eigenvalue weighted by Gasteiger charge is -2.46. The molecule has 156 valence electrons. The minimum Gasteiger partial charge on any atom is -0.497 e. The first-order chi connectivity index (χ1) is 13.6. The second-order valence-electron chi connectivity index (χ2n) is 9.06. The molecular weight excluding hydrogens is 362 g/mol. The van der Waals surface area contributed by atoms with Crippen LogP contribution in [0.5, 0.6) is 11.5 Å². The quantitative estimate of drug-likeness (QED) is 0.640. The second kappa shape index (κ2) is 8.10. The smallest absolute Gasteiger partial charge is 0.265 e. The highest BCUT2D eigenvalue weighted by atomic mass is 16.5. The molecule has 0 bridgehead atoms. The van der Waals surface area contributed by atoms with Crippen LogP contribution in [0.3, 0.4) is 0 Å². The van der Waals surface area contributed by atoms with E-state index in [4.69, 9.17) is 9.47 Å². The molecule has 1 aliphatic rings. The van der Waals surface area contributed by atoms with Gasteiger partial charge in [0.05, 0.1) is 7.11 Å². The van der Waals surface area contributed by atoms with E-state index >= 15 is 0 Å². The molecule has 29 heavy (non-hydrogen) atoms. The van der Waals surface area contributed by atoms with Crippen molar-refractivity contribution in [3.8, 4) is 11.5 Å². The molecule has 1 amide bonds. The lowest BCUT2D eigenvalue weighted by atomic mass is 9.80. The number of nitrogens with zero attached hydrogens (tertiary/aromatic N) is 1. The van der Waals surface area contributed by atoms with E-state index in [-0.39, 0.29) is 18.1 Å². The van der Waals surface area contributed by atoms with E-state index in [1.165, 1.54) is 0 Å². The summed E-state index contributed by atoms with van der Waals surface area (Å²) in [5, 5.41) is 0. The van der Waals surface area contributed by atoms with Gasteiger partial charge in [-0.15, -0.1) is 0 Å². The number of ether oxygens (including phenoxy) is 2. The van der Waals surface area contributed by atoms with Gasteiger partial charge >= 0.3 is 0 Å². The predicted octanol–water partition coefficient (Wildman–Crippen LogP) is 5.82. The first kappa shape index (κ1) is 21.2. The molecule has 1 heterocycles. The number of carbonyl (C=O) groups excluding carboxylic acids is 1. The lowest BCUT2D eigenvalue weighted by Crippen LogP contribution is -2.53. The third-order valence-corrected chi connectivity index (χ3v) is 5.81. The van der Waals surface area contributed by atoms with Gasteiger partial charge in [0.2, 0.25) is 0 Å². The van der Waals surface area contributed by atoms with Crippen LogP contribution in [0.4, 0.5) is 5.69 Å². The Labute approximate surface area is 174 Å². The molecule has 4 heteroatoms. The van der Waals surface area contributed by atoms with Crippen LogP contribution in [-0.4, -0.2) is 25.2 Å². The van der Waals surface area contributed by atoms with E-state index in [9.17, 15) is 4.79 Å². The van der Waals surface area contributed by atoms with Crippen molar-refractivity contribution in [2.75, 3.05) is 18.6 Å². The zero-order valence-corrected chi connectivity index (χ0v) is 18.7. The average molecular weight is 396 g/mol. The molecule has 3 rings (SSSR count). The highest BCUT2D eigenvalue weighted by Gasteiger charge is 2.40. The maximum absolute atomic E-state index is 13.3. The first-order valence-electron chi connectivity index (χ1n) is 10.4. The summed E-state index contributed by atoms with van der Waals surface area (Å²) in [4.78, 5) is 15.3. The minimum atomic E-state index is -0.283. The fourth-order valence-corrected chi connectivity index (χ4v) is 4.45. The molecule has 1 aliphatic heterocycles. The Morgan fingerprint density at radius 1 is 1.21 bits per heavy atom. The highest BCUT2D eigenvalue weighted by Crippen LogP contribution is 2.44. The van der Waals surface area contributed by atoms with E-state index < -0.39 is 0 Å². The number of rotatable bonds is 5. The average Bonchev–Trinajstić information content (AvgIpc) is 2.65. The third kappa shape index (κ3) is 4.26. The van der Waals surface area contributed by atoms with Gasteiger partial charge in [0.15, 0.2) is 6.61 Å². The van der Waals surface area contributed by atoms with E-state index in [1.807, 2.05) is 36.1 Å². The fourth-order valence-electron chi connectivity index (χ4n) is 4.45. The van der Waals surface area contributed by atoms with Crippen LogP contribution in [0, 0.1) is 6.92 Å². The number of hydrogen-bond donors (Lipinski definition) is 0. The summed E-state index contributed by atoms with van der Waals surface area (Å²) in [7, 11) is 1.67. The number of fused-ring (bicyclic) bond motifs is 1. The molecule has 0 saturated carbocycles. The van der Waals surface area contributed by atoms with Gasteiger partial charge in [-0.05, 0) is 80.0 Å². The molecule has 0 aromatic heterocycles. The largest absolute Gasteiger partial charge is 0.497 e. The molecular formula is C25H33NO3. The second-order valence-corrected chi connectivity index (χ2v) is 9.06. The zero-order valence-electron chi connectivity index (χ0n) is 18.7. The maximum atomic E-state index is 13.3. The summed E-state index contributed by atoms with van der Waals surface area (Å²) < 4.78 is 11.5. The Hall–Kier alpha value is -2.49. The van der Waals surface area contributed by atoms with Gasteiger partial charge < -0.3 is 14.4 Å². The molecule has 0 fully saturated rings. The van der Waals surface area contributed by atoms with Crippen molar-refractivity contribution in [2.45, 2.75) is 65.3 Å². The van der Waals surface area contributed by atoms with Crippen LogP contribution in [0.1, 0.15) is 69.6 Å². The summed E-state index contributed by atoms with van der Waals surface area (Å²) in [5.74, 6) is 2.28. The Bertz CT molecular complexity index is 901. The van der Waals surface area contributed by atoms with Crippen molar-refractivity contribution < 1.29 is 14.3 Å². The van der Waals surface area contributed by atoms with E-state index in [0.717, 1.165) is 40.3 Å². The standard InChI is InChI=1S/C25H33NO3/c1-16(2)20-10-8-17(3)12-23(20)29-15-24(27)26-22-11-9-19(28-7)13-21(22)18(4)14-25(26,5)6/h8-13,16,18H,14-15H2,1-7H3. The van der Waals surface area contributed by atoms with E-state index in [2.05, 4.69) is 46.8 Å².